The van der Waals surface area contributed by atoms with Crippen LogP contribution in [0.25, 0.3) is 0 Å². The summed E-state index contributed by atoms with van der Waals surface area (Å²) < 4.78 is 0.914. The Labute approximate surface area is 151 Å². The van der Waals surface area contributed by atoms with E-state index in [0.29, 0.717) is 16.4 Å². The second kappa shape index (κ2) is 5.72. The van der Waals surface area contributed by atoms with Gasteiger partial charge in [-0.15, -0.1) is 0 Å². The lowest BCUT2D eigenvalue weighted by Crippen LogP contribution is -2.33. The first kappa shape index (κ1) is 15.4. The number of nitrogens with zero attached hydrogens (tertiary/aromatic N) is 2. The SMILES string of the molecule is O=C1[C@H]2C(c3ccc(Br)cc3)=NO[C@H]2C(=O)N1c1cccc(Cl)c1. The topological polar surface area (TPSA) is 59.0 Å². The Morgan fingerprint density at radius 2 is 1.83 bits per heavy atom. The van der Waals surface area contributed by atoms with Crippen molar-refractivity contribution in [1.29, 1.82) is 0 Å². The van der Waals surface area contributed by atoms with E-state index in [0.717, 1.165) is 14.9 Å². The first-order valence-electron chi connectivity index (χ1n) is 7.19. The molecule has 2 aromatic carbocycles. The fourth-order valence-corrected chi connectivity index (χ4v) is 3.36. The van der Waals surface area contributed by atoms with Gasteiger partial charge in [-0.1, -0.05) is 50.9 Å². The van der Waals surface area contributed by atoms with E-state index in [1.807, 2.05) is 24.3 Å². The normalized spacial score (nSPS) is 22.4. The summed E-state index contributed by atoms with van der Waals surface area (Å²) >= 11 is 9.34. The third-order valence-corrected chi connectivity index (χ3v) is 4.78. The average molecular weight is 406 g/mol. The number of rotatable bonds is 2. The molecule has 0 spiro atoms. The molecule has 24 heavy (non-hydrogen) atoms. The van der Waals surface area contributed by atoms with Gasteiger partial charge in [-0.25, -0.2) is 4.90 Å². The van der Waals surface area contributed by atoms with Crippen LogP contribution in [-0.2, 0) is 14.4 Å². The fraction of sp³-hybridized carbons (Fsp3) is 0.118. The summed E-state index contributed by atoms with van der Waals surface area (Å²) in [6, 6.07) is 14.0. The smallest absolute Gasteiger partial charge is 0.278 e. The zero-order chi connectivity index (χ0) is 16.8. The van der Waals surface area contributed by atoms with Crippen molar-refractivity contribution < 1.29 is 14.4 Å². The number of hydrogen-bond donors (Lipinski definition) is 0. The molecule has 2 aliphatic rings. The van der Waals surface area contributed by atoms with Crippen molar-refractivity contribution in [2.24, 2.45) is 11.1 Å². The molecule has 0 N–H and O–H groups in total. The molecule has 0 radical (unpaired) electrons. The maximum Gasteiger partial charge on any atom is 0.278 e. The number of anilines is 1. The maximum atomic E-state index is 12.9. The summed E-state index contributed by atoms with van der Waals surface area (Å²) in [5.74, 6) is -1.52. The van der Waals surface area contributed by atoms with Crippen molar-refractivity contribution in [3.63, 3.8) is 0 Å². The fourth-order valence-electron chi connectivity index (χ4n) is 2.91. The molecule has 7 heteroatoms. The van der Waals surface area contributed by atoms with Gasteiger partial charge in [-0.2, -0.15) is 0 Å². The minimum atomic E-state index is -0.921. The molecule has 5 nitrogen and oxygen atoms in total. The molecule has 0 aliphatic carbocycles. The zero-order valence-electron chi connectivity index (χ0n) is 12.1. The number of oxime groups is 1. The van der Waals surface area contributed by atoms with Gasteiger partial charge in [0.1, 0.15) is 11.6 Å². The molecule has 2 amide bonds. The summed E-state index contributed by atoms with van der Waals surface area (Å²) in [4.78, 5) is 31.8. The van der Waals surface area contributed by atoms with E-state index in [2.05, 4.69) is 21.1 Å². The van der Waals surface area contributed by atoms with Crippen molar-refractivity contribution >= 4 is 50.7 Å². The summed E-state index contributed by atoms with van der Waals surface area (Å²) in [7, 11) is 0. The molecule has 0 unspecified atom stereocenters. The van der Waals surface area contributed by atoms with Crippen LogP contribution in [0.1, 0.15) is 5.56 Å². The largest absolute Gasteiger partial charge is 0.381 e. The van der Waals surface area contributed by atoms with E-state index < -0.39 is 17.9 Å². The quantitative estimate of drug-likeness (QED) is 0.720. The minimum Gasteiger partial charge on any atom is -0.381 e. The molecule has 2 atom stereocenters. The van der Waals surface area contributed by atoms with Crippen molar-refractivity contribution in [2.45, 2.75) is 6.10 Å². The average Bonchev–Trinajstić information content (AvgIpc) is 3.09. The van der Waals surface area contributed by atoms with Crippen LogP contribution in [0.4, 0.5) is 5.69 Å². The van der Waals surface area contributed by atoms with Crippen LogP contribution in [0.2, 0.25) is 5.02 Å². The Balaban J connectivity index is 1.71. The summed E-state index contributed by atoms with van der Waals surface area (Å²) in [5.41, 5.74) is 1.65. The van der Waals surface area contributed by atoms with Gasteiger partial charge in [0, 0.05) is 15.1 Å². The predicted octanol–water partition coefficient (Wildman–Crippen LogP) is 3.40. The number of benzene rings is 2. The molecule has 0 bridgehead atoms. The monoisotopic (exact) mass is 404 g/mol. The highest BCUT2D eigenvalue weighted by atomic mass is 79.9. The Morgan fingerprint density at radius 1 is 1.08 bits per heavy atom. The van der Waals surface area contributed by atoms with E-state index >= 15 is 0 Å². The van der Waals surface area contributed by atoms with Crippen LogP contribution >= 0.6 is 27.5 Å². The zero-order valence-corrected chi connectivity index (χ0v) is 14.5. The van der Waals surface area contributed by atoms with Crippen LogP contribution < -0.4 is 4.90 Å². The number of fused-ring (bicyclic) bond motifs is 1. The second-order valence-corrected chi connectivity index (χ2v) is 6.83. The van der Waals surface area contributed by atoms with E-state index in [-0.39, 0.29) is 5.91 Å². The van der Waals surface area contributed by atoms with Gasteiger partial charge in [0.25, 0.3) is 5.91 Å². The van der Waals surface area contributed by atoms with Gasteiger partial charge >= 0.3 is 0 Å². The Hall–Kier alpha value is -2.18. The van der Waals surface area contributed by atoms with E-state index in [1.54, 1.807) is 24.3 Å². The highest BCUT2D eigenvalue weighted by molar-refractivity contribution is 9.10. The van der Waals surface area contributed by atoms with Crippen molar-refractivity contribution in [1.82, 2.24) is 0 Å². The Bertz CT molecular complexity index is 882. The number of carbonyl (C=O) groups excluding carboxylic acids is 2. The third kappa shape index (κ3) is 2.34. The van der Waals surface area contributed by atoms with Crippen LogP contribution in [0.3, 0.4) is 0 Å². The molecule has 2 aliphatic heterocycles. The number of amides is 2. The van der Waals surface area contributed by atoms with Gasteiger partial charge in [-0.3, -0.25) is 9.59 Å². The maximum absolute atomic E-state index is 12.9. The van der Waals surface area contributed by atoms with E-state index in [4.69, 9.17) is 16.4 Å². The van der Waals surface area contributed by atoms with Gasteiger partial charge < -0.3 is 4.84 Å². The van der Waals surface area contributed by atoms with Crippen molar-refractivity contribution in [3.8, 4) is 0 Å². The third-order valence-electron chi connectivity index (χ3n) is 4.02. The molecule has 2 aromatic rings. The van der Waals surface area contributed by atoms with Gasteiger partial charge in [0.2, 0.25) is 12.0 Å². The highest BCUT2D eigenvalue weighted by Gasteiger charge is 2.56. The van der Waals surface area contributed by atoms with Crippen LogP contribution in [0.15, 0.2) is 58.2 Å². The van der Waals surface area contributed by atoms with Crippen molar-refractivity contribution in [2.75, 3.05) is 4.90 Å². The molecule has 2 heterocycles. The molecular formula is C17H10BrClN2O3. The molecule has 4 rings (SSSR count). The molecular weight excluding hydrogens is 396 g/mol. The van der Waals surface area contributed by atoms with Crippen LogP contribution in [0.5, 0.6) is 0 Å². The van der Waals surface area contributed by atoms with E-state index in [9.17, 15) is 9.59 Å². The Morgan fingerprint density at radius 3 is 2.54 bits per heavy atom. The van der Waals surface area contributed by atoms with Gasteiger partial charge in [-0.05, 0) is 30.3 Å². The first-order valence-corrected chi connectivity index (χ1v) is 8.36. The van der Waals surface area contributed by atoms with Gasteiger partial charge in [0.15, 0.2) is 0 Å². The van der Waals surface area contributed by atoms with Gasteiger partial charge in [0.05, 0.1) is 5.69 Å². The van der Waals surface area contributed by atoms with Crippen molar-refractivity contribution in [3.05, 3.63) is 63.6 Å². The number of halogens is 2. The number of hydrogen-bond acceptors (Lipinski definition) is 4. The molecule has 120 valence electrons. The van der Waals surface area contributed by atoms with Crippen LogP contribution in [0, 0.1) is 5.92 Å². The molecule has 0 aromatic heterocycles. The van der Waals surface area contributed by atoms with Crippen LogP contribution in [-0.4, -0.2) is 23.6 Å². The molecule has 0 saturated carbocycles. The lowest BCUT2D eigenvalue weighted by Gasteiger charge is -2.15. The Kier molecular flexibility index (Phi) is 3.66. The second-order valence-electron chi connectivity index (χ2n) is 5.48. The highest BCUT2D eigenvalue weighted by Crippen LogP contribution is 2.35. The summed E-state index contributed by atoms with van der Waals surface area (Å²) in [5, 5.41) is 4.43. The lowest BCUT2D eigenvalue weighted by atomic mass is 9.94. The number of carbonyl (C=O) groups is 2. The first-order chi connectivity index (χ1) is 11.6. The number of imide groups is 1. The predicted molar refractivity (Wildman–Crippen MR) is 93.0 cm³/mol. The summed E-state index contributed by atoms with van der Waals surface area (Å²) in [6.45, 7) is 0. The lowest BCUT2D eigenvalue weighted by molar-refractivity contribution is -0.126. The summed E-state index contributed by atoms with van der Waals surface area (Å²) in [6.07, 6.45) is -0.921. The standard InChI is InChI=1S/C17H10BrClN2O3/c18-10-6-4-9(5-7-10)14-13-15(24-20-14)17(23)21(16(13)22)12-3-1-2-11(19)8-12/h1-8,13,15H/t13-,15+/m0/s1. The minimum absolute atomic E-state index is 0.355. The molecule has 1 fully saturated rings. The molecule has 1 saturated heterocycles. The van der Waals surface area contributed by atoms with E-state index in [1.165, 1.54) is 0 Å².